The van der Waals surface area contributed by atoms with Crippen molar-refractivity contribution < 1.29 is 23.5 Å². The van der Waals surface area contributed by atoms with Gasteiger partial charge in [-0.05, 0) is 57.0 Å². The zero-order chi connectivity index (χ0) is 23.5. The molecule has 4 rings (SSSR count). The summed E-state index contributed by atoms with van der Waals surface area (Å²) in [7, 11) is 3.07. The van der Waals surface area contributed by atoms with Crippen molar-refractivity contribution >= 4 is 23.2 Å². The van der Waals surface area contributed by atoms with E-state index in [9.17, 15) is 9.59 Å². The van der Waals surface area contributed by atoms with Gasteiger partial charge in [-0.25, -0.2) is 0 Å². The van der Waals surface area contributed by atoms with Crippen molar-refractivity contribution in [3.05, 3.63) is 62.8 Å². The number of rotatable bonds is 6. The Morgan fingerprint density at radius 3 is 2.48 bits per heavy atom. The molecular weight excluding hydrogens is 442 g/mol. The second kappa shape index (κ2) is 9.66. The van der Waals surface area contributed by atoms with E-state index in [0.29, 0.717) is 39.9 Å². The van der Waals surface area contributed by atoms with Crippen molar-refractivity contribution in [2.75, 3.05) is 27.3 Å². The van der Waals surface area contributed by atoms with Gasteiger partial charge in [0.05, 0.1) is 20.8 Å². The van der Waals surface area contributed by atoms with Crippen LogP contribution >= 0.6 is 11.3 Å². The lowest BCUT2D eigenvalue weighted by Gasteiger charge is -2.12. The fraction of sp³-hybridized carbons (Fsp3) is 0.375. The molecule has 0 atom stereocenters. The van der Waals surface area contributed by atoms with E-state index in [1.54, 1.807) is 31.4 Å². The van der Waals surface area contributed by atoms with Gasteiger partial charge in [0, 0.05) is 29.2 Å². The van der Waals surface area contributed by atoms with Crippen LogP contribution < -0.4 is 14.3 Å². The van der Waals surface area contributed by atoms with Crippen LogP contribution in [0.15, 0.2) is 39.7 Å². The number of nitrogens with zero attached hydrogens (tertiary/aromatic N) is 3. The number of furan rings is 1. The Bertz CT molecular complexity index is 1250. The number of thiazole rings is 1. The Hall–Kier alpha value is -3.33. The number of likely N-dealkylation sites (tertiary alicyclic amines) is 1. The molecule has 3 aromatic rings. The highest BCUT2D eigenvalue weighted by molar-refractivity contribution is 7.09. The maximum absolute atomic E-state index is 12.9. The van der Waals surface area contributed by atoms with Gasteiger partial charge in [-0.2, -0.15) is 4.99 Å². The van der Waals surface area contributed by atoms with Gasteiger partial charge >= 0.3 is 0 Å². The van der Waals surface area contributed by atoms with Crippen LogP contribution in [-0.4, -0.2) is 48.6 Å². The summed E-state index contributed by atoms with van der Waals surface area (Å²) in [4.78, 5) is 33.3. The number of hydrogen-bond donors (Lipinski definition) is 0. The molecule has 1 saturated heterocycles. The maximum atomic E-state index is 12.9. The molecular formula is C24H27N3O5S. The average Bonchev–Trinajstić information content (AvgIpc) is 3.57. The van der Waals surface area contributed by atoms with Crippen molar-refractivity contribution in [3.63, 3.8) is 0 Å². The highest BCUT2D eigenvalue weighted by Gasteiger charge is 2.22. The van der Waals surface area contributed by atoms with Gasteiger partial charge in [-0.1, -0.05) is 0 Å². The summed E-state index contributed by atoms with van der Waals surface area (Å²) in [6.45, 7) is 5.88. The molecule has 3 heterocycles. The first-order valence-corrected chi connectivity index (χ1v) is 11.6. The Kier molecular flexibility index (Phi) is 6.69. The topological polar surface area (TPSA) is 86.3 Å². The molecule has 0 unspecified atom stereocenters. The predicted octanol–water partition coefficient (Wildman–Crippen LogP) is 3.80. The lowest BCUT2D eigenvalue weighted by Crippen LogP contribution is -2.27. The molecule has 2 amide bonds. The summed E-state index contributed by atoms with van der Waals surface area (Å²) < 4.78 is 18.3. The molecule has 0 bridgehead atoms. The Labute approximate surface area is 196 Å². The van der Waals surface area contributed by atoms with Crippen molar-refractivity contribution in [2.45, 2.75) is 33.2 Å². The highest BCUT2D eigenvalue weighted by atomic mass is 32.1. The van der Waals surface area contributed by atoms with Gasteiger partial charge < -0.3 is 23.4 Å². The molecule has 0 aliphatic carbocycles. The lowest BCUT2D eigenvalue weighted by atomic mass is 10.2. The van der Waals surface area contributed by atoms with Crippen LogP contribution in [0.5, 0.6) is 11.5 Å². The van der Waals surface area contributed by atoms with Gasteiger partial charge in [-0.15, -0.1) is 11.3 Å². The molecule has 0 N–H and O–H groups in total. The zero-order valence-electron chi connectivity index (χ0n) is 19.2. The van der Waals surface area contributed by atoms with Crippen LogP contribution in [0.4, 0.5) is 0 Å². The minimum absolute atomic E-state index is 0.0736. The first-order valence-electron chi connectivity index (χ1n) is 10.8. The number of hydrogen-bond acceptors (Lipinski definition) is 6. The average molecular weight is 470 g/mol. The summed E-state index contributed by atoms with van der Waals surface area (Å²) in [5.74, 6) is 1.54. The van der Waals surface area contributed by atoms with Crippen molar-refractivity contribution in [3.8, 4) is 11.5 Å². The smallest absolute Gasteiger partial charge is 0.289 e. The van der Waals surface area contributed by atoms with Crippen LogP contribution in [0, 0.1) is 13.8 Å². The van der Waals surface area contributed by atoms with E-state index in [1.165, 1.54) is 18.4 Å². The van der Waals surface area contributed by atoms with Gasteiger partial charge in [0.2, 0.25) is 0 Å². The number of carbonyl (C=O) groups excluding carboxylic acids is 2. The first kappa shape index (κ1) is 22.8. The third-order valence-corrected chi connectivity index (χ3v) is 6.89. The van der Waals surface area contributed by atoms with E-state index in [1.807, 2.05) is 29.4 Å². The number of ether oxygens (including phenoxy) is 2. The van der Waals surface area contributed by atoms with Crippen molar-refractivity contribution in [1.82, 2.24) is 9.47 Å². The Morgan fingerprint density at radius 1 is 1.06 bits per heavy atom. The third kappa shape index (κ3) is 4.73. The summed E-state index contributed by atoms with van der Waals surface area (Å²) in [5, 5.41) is 0. The van der Waals surface area contributed by atoms with Crippen molar-refractivity contribution in [2.24, 2.45) is 4.99 Å². The van der Waals surface area contributed by atoms with Crippen LogP contribution in [0.1, 0.15) is 50.1 Å². The largest absolute Gasteiger partial charge is 0.493 e. The second-order valence-electron chi connectivity index (χ2n) is 7.86. The highest BCUT2D eigenvalue weighted by Crippen LogP contribution is 2.27. The SMILES string of the molecule is COc1ccc(C(=O)N=c2sc(C)c(C)n2Cc2ccc(C(=O)N3CCCC3)o2)cc1OC. The number of aromatic nitrogens is 1. The molecule has 1 aliphatic rings. The molecule has 9 heteroatoms. The number of methoxy groups -OCH3 is 2. The monoisotopic (exact) mass is 469 g/mol. The Morgan fingerprint density at radius 2 is 1.79 bits per heavy atom. The van der Waals surface area contributed by atoms with E-state index in [-0.39, 0.29) is 11.8 Å². The molecule has 8 nitrogen and oxygen atoms in total. The maximum Gasteiger partial charge on any atom is 0.289 e. The Balaban J connectivity index is 1.61. The van der Waals surface area contributed by atoms with E-state index in [2.05, 4.69) is 4.99 Å². The van der Waals surface area contributed by atoms with E-state index < -0.39 is 0 Å². The molecule has 1 fully saturated rings. The number of benzene rings is 1. The molecule has 33 heavy (non-hydrogen) atoms. The summed E-state index contributed by atoms with van der Waals surface area (Å²) >= 11 is 1.44. The van der Waals surface area contributed by atoms with Crippen LogP contribution in [0.2, 0.25) is 0 Å². The summed E-state index contributed by atoms with van der Waals surface area (Å²) in [6, 6.07) is 8.49. The fourth-order valence-corrected chi connectivity index (χ4v) is 4.77. The molecule has 0 saturated carbocycles. The predicted molar refractivity (Wildman–Crippen MR) is 124 cm³/mol. The van der Waals surface area contributed by atoms with Gasteiger partial charge in [0.1, 0.15) is 5.76 Å². The van der Waals surface area contributed by atoms with Gasteiger partial charge in [-0.3, -0.25) is 9.59 Å². The molecule has 1 aliphatic heterocycles. The minimum Gasteiger partial charge on any atom is -0.493 e. The third-order valence-electron chi connectivity index (χ3n) is 5.80. The first-order chi connectivity index (χ1) is 15.9. The number of carbonyl (C=O) groups is 2. The fourth-order valence-electron chi connectivity index (χ4n) is 3.80. The normalized spacial score (nSPS) is 14.1. The molecule has 0 radical (unpaired) electrons. The van der Waals surface area contributed by atoms with Crippen LogP contribution in [0.3, 0.4) is 0 Å². The van der Waals surface area contributed by atoms with Gasteiger partial charge in [0.25, 0.3) is 11.8 Å². The molecule has 0 spiro atoms. The molecule has 1 aromatic carbocycles. The number of amides is 2. The number of aryl methyl sites for hydroxylation is 1. The van der Waals surface area contributed by atoms with Crippen LogP contribution in [0.25, 0.3) is 0 Å². The van der Waals surface area contributed by atoms with E-state index in [4.69, 9.17) is 13.9 Å². The van der Waals surface area contributed by atoms with E-state index >= 15 is 0 Å². The van der Waals surface area contributed by atoms with E-state index in [0.717, 1.165) is 36.5 Å². The quantitative estimate of drug-likeness (QED) is 0.548. The second-order valence-corrected chi connectivity index (χ2v) is 9.05. The standard InChI is InChI=1S/C24H27N3O5S/c1-15-16(2)33-24(25-22(28)17-7-9-19(30-3)21(13-17)31-4)27(15)14-18-8-10-20(32-18)23(29)26-11-5-6-12-26/h7-10,13H,5-6,11-12,14H2,1-4H3. The lowest BCUT2D eigenvalue weighted by molar-refractivity contribution is 0.0759. The summed E-state index contributed by atoms with van der Waals surface area (Å²) in [6.07, 6.45) is 2.06. The molecule has 174 valence electrons. The van der Waals surface area contributed by atoms with Crippen molar-refractivity contribution in [1.29, 1.82) is 0 Å². The zero-order valence-corrected chi connectivity index (χ0v) is 20.0. The minimum atomic E-state index is -0.379. The molecule has 2 aromatic heterocycles. The summed E-state index contributed by atoms with van der Waals surface area (Å²) in [5.41, 5.74) is 1.39. The van der Waals surface area contributed by atoms with Gasteiger partial charge in [0.15, 0.2) is 22.1 Å². The van der Waals surface area contributed by atoms with Crippen LogP contribution in [-0.2, 0) is 6.54 Å².